The lowest BCUT2D eigenvalue weighted by Crippen LogP contribution is -2.54. The Morgan fingerprint density at radius 3 is 2.71 bits per heavy atom. The fourth-order valence-corrected chi connectivity index (χ4v) is 3.20. The van der Waals surface area contributed by atoms with Crippen molar-refractivity contribution in [2.75, 3.05) is 26.7 Å². The third kappa shape index (κ3) is 2.86. The molecule has 2 unspecified atom stereocenters. The normalized spacial score (nSPS) is 29.9. The van der Waals surface area contributed by atoms with Gasteiger partial charge in [0.25, 0.3) is 0 Å². The van der Waals surface area contributed by atoms with Crippen LogP contribution in [0.4, 0.5) is 0 Å². The van der Waals surface area contributed by atoms with Crippen molar-refractivity contribution in [2.45, 2.75) is 38.6 Å². The van der Waals surface area contributed by atoms with Gasteiger partial charge in [0.15, 0.2) is 0 Å². The number of fused-ring (bicyclic) bond motifs is 1. The predicted octanol–water partition coefficient (Wildman–Crippen LogP) is 0.908. The topological polar surface area (TPSA) is 40.6 Å². The van der Waals surface area contributed by atoms with Crippen molar-refractivity contribution in [1.82, 2.24) is 9.80 Å². The van der Waals surface area contributed by atoms with Gasteiger partial charge in [0.2, 0.25) is 5.91 Å². The molecule has 0 aliphatic carbocycles. The number of likely N-dealkylation sites (tertiary alicyclic amines) is 2. The Kier molecular flexibility index (Phi) is 3.82. The van der Waals surface area contributed by atoms with Crippen molar-refractivity contribution in [3.8, 4) is 0 Å². The Balaban J connectivity index is 1.93. The summed E-state index contributed by atoms with van der Waals surface area (Å²) in [4.78, 5) is 27.2. The quantitative estimate of drug-likeness (QED) is 0.671. The van der Waals surface area contributed by atoms with Crippen LogP contribution >= 0.6 is 0 Å². The summed E-state index contributed by atoms with van der Waals surface area (Å²) in [5.74, 6) is 0.598. The summed E-state index contributed by atoms with van der Waals surface area (Å²) in [6.07, 6.45) is 3.59. The first-order chi connectivity index (χ1) is 8.08. The fraction of sp³-hybridized carbons (Fsp3) is 0.846. The Hall–Kier alpha value is -0.900. The van der Waals surface area contributed by atoms with Gasteiger partial charge >= 0.3 is 0 Å². The molecule has 2 aliphatic heterocycles. The fourth-order valence-electron chi connectivity index (χ4n) is 3.20. The van der Waals surface area contributed by atoms with Crippen LogP contribution in [0, 0.1) is 5.92 Å². The molecule has 0 radical (unpaired) electrons. The van der Waals surface area contributed by atoms with Crippen molar-refractivity contribution in [2.24, 2.45) is 5.92 Å². The molecule has 0 saturated carbocycles. The molecule has 0 N–H and O–H groups in total. The van der Waals surface area contributed by atoms with Crippen LogP contribution in [0.3, 0.4) is 0 Å². The highest BCUT2D eigenvalue weighted by atomic mass is 16.2. The molecule has 2 heterocycles. The summed E-state index contributed by atoms with van der Waals surface area (Å²) >= 11 is 0. The van der Waals surface area contributed by atoms with E-state index >= 15 is 0 Å². The Bertz CT molecular complexity index is 317. The molecule has 0 bridgehead atoms. The second-order valence-corrected chi connectivity index (χ2v) is 5.46. The van der Waals surface area contributed by atoms with Gasteiger partial charge in [0.1, 0.15) is 5.78 Å². The van der Waals surface area contributed by atoms with Crippen LogP contribution in [-0.4, -0.2) is 54.2 Å². The molecule has 4 nitrogen and oxygen atoms in total. The molecule has 0 aromatic carbocycles. The zero-order valence-corrected chi connectivity index (χ0v) is 10.8. The minimum atomic E-state index is -0.0297. The van der Waals surface area contributed by atoms with E-state index in [9.17, 15) is 9.59 Å². The number of ketones is 1. The van der Waals surface area contributed by atoms with Crippen molar-refractivity contribution in [1.29, 1.82) is 0 Å². The molecule has 2 saturated heterocycles. The maximum absolute atomic E-state index is 11.9. The molecule has 17 heavy (non-hydrogen) atoms. The highest BCUT2D eigenvalue weighted by molar-refractivity contribution is 5.96. The molecule has 4 heteroatoms. The standard InChI is InChI=1S/C13H22N2O2/c1-10(16)8-13(17)15-7-5-12-11(9-15)4-3-6-14(12)2/h11-12H,3-9H2,1-2H3. The molecular formula is C13H22N2O2. The van der Waals surface area contributed by atoms with Gasteiger partial charge in [-0.1, -0.05) is 0 Å². The first-order valence-corrected chi connectivity index (χ1v) is 6.55. The second-order valence-electron chi connectivity index (χ2n) is 5.46. The van der Waals surface area contributed by atoms with Crippen LogP contribution in [-0.2, 0) is 9.59 Å². The minimum absolute atomic E-state index is 0.0178. The Labute approximate surface area is 103 Å². The second kappa shape index (κ2) is 5.17. The zero-order valence-electron chi connectivity index (χ0n) is 10.8. The monoisotopic (exact) mass is 238 g/mol. The van der Waals surface area contributed by atoms with Gasteiger partial charge in [-0.3, -0.25) is 9.59 Å². The zero-order chi connectivity index (χ0) is 12.4. The van der Waals surface area contributed by atoms with Crippen LogP contribution in [0.25, 0.3) is 0 Å². The van der Waals surface area contributed by atoms with Crippen molar-refractivity contribution in [3.63, 3.8) is 0 Å². The number of rotatable bonds is 2. The SMILES string of the molecule is CC(=O)CC(=O)N1CCC2C(CCCN2C)C1. The molecule has 0 spiro atoms. The van der Waals surface area contributed by atoms with E-state index in [1.807, 2.05) is 4.90 Å². The highest BCUT2D eigenvalue weighted by Crippen LogP contribution is 2.29. The van der Waals surface area contributed by atoms with Crippen LogP contribution < -0.4 is 0 Å². The van der Waals surface area contributed by atoms with Gasteiger partial charge in [-0.2, -0.15) is 0 Å². The van der Waals surface area contributed by atoms with E-state index in [0.717, 1.165) is 19.5 Å². The number of Topliss-reactive ketones (excluding diaryl/α,β-unsaturated/α-hetero) is 1. The van der Waals surface area contributed by atoms with Gasteiger partial charge < -0.3 is 9.80 Å². The average molecular weight is 238 g/mol. The maximum atomic E-state index is 11.9. The van der Waals surface area contributed by atoms with Gasteiger partial charge in [-0.25, -0.2) is 0 Å². The number of carbonyl (C=O) groups excluding carboxylic acids is 2. The molecule has 0 aromatic rings. The minimum Gasteiger partial charge on any atom is -0.342 e. The summed E-state index contributed by atoms with van der Waals surface area (Å²) in [6, 6.07) is 0.644. The first kappa shape index (κ1) is 12.6. The van der Waals surface area contributed by atoms with Crippen LogP contribution in [0.15, 0.2) is 0 Å². The lowest BCUT2D eigenvalue weighted by molar-refractivity contribution is -0.137. The van der Waals surface area contributed by atoms with Crippen molar-refractivity contribution in [3.05, 3.63) is 0 Å². The molecule has 2 aliphatic rings. The lowest BCUT2D eigenvalue weighted by Gasteiger charge is -2.45. The third-order valence-corrected chi connectivity index (χ3v) is 4.10. The van der Waals surface area contributed by atoms with Crippen LogP contribution in [0.5, 0.6) is 0 Å². The highest BCUT2D eigenvalue weighted by Gasteiger charge is 2.35. The summed E-state index contributed by atoms with van der Waals surface area (Å²) in [6.45, 7) is 4.33. The van der Waals surface area contributed by atoms with Crippen molar-refractivity contribution < 1.29 is 9.59 Å². The molecule has 96 valence electrons. The Morgan fingerprint density at radius 1 is 1.24 bits per heavy atom. The molecular weight excluding hydrogens is 216 g/mol. The summed E-state index contributed by atoms with van der Waals surface area (Å²) < 4.78 is 0. The number of nitrogens with zero attached hydrogens (tertiary/aromatic N) is 2. The van der Waals surface area contributed by atoms with E-state index < -0.39 is 0 Å². The van der Waals surface area contributed by atoms with Crippen molar-refractivity contribution >= 4 is 11.7 Å². The first-order valence-electron chi connectivity index (χ1n) is 6.55. The number of hydrogen-bond donors (Lipinski definition) is 0. The van der Waals surface area contributed by atoms with E-state index in [4.69, 9.17) is 0 Å². The maximum Gasteiger partial charge on any atom is 0.230 e. The summed E-state index contributed by atoms with van der Waals surface area (Å²) in [7, 11) is 2.18. The largest absolute Gasteiger partial charge is 0.342 e. The summed E-state index contributed by atoms with van der Waals surface area (Å²) in [5.41, 5.74) is 0. The van der Waals surface area contributed by atoms with Gasteiger partial charge in [-0.05, 0) is 45.7 Å². The van der Waals surface area contributed by atoms with E-state index in [1.54, 1.807) is 0 Å². The molecule has 0 aromatic heterocycles. The smallest absolute Gasteiger partial charge is 0.230 e. The van der Waals surface area contributed by atoms with Crippen LogP contribution in [0.1, 0.15) is 32.6 Å². The van der Waals surface area contributed by atoms with E-state index in [0.29, 0.717) is 12.0 Å². The number of hydrogen-bond acceptors (Lipinski definition) is 3. The average Bonchev–Trinajstić information content (AvgIpc) is 2.28. The van der Waals surface area contributed by atoms with E-state index in [-0.39, 0.29) is 18.1 Å². The Morgan fingerprint density at radius 2 is 2.00 bits per heavy atom. The molecule has 2 fully saturated rings. The lowest BCUT2D eigenvalue weighted by atomic mass is 9.84. The molecule has 2 rings (SSSR count). The molecule has 2 atom stereocenters. The van der Waals surface area contributed by atoms with Gasteiger partial charge in [-0.15, -0.1) is 0 Å². The predicted molar refractivity (Wildman–Crippen MR) is 65.6 cm³/mol. The summed E-state index contributed by atoms with van der Waals surface area (Å²) in [5, 5.41) is 0. The van der Waals surface area contributed by atoms with Gasteiger partial charge in [0, 0.05) is 19.1 Å². The van der Waals surface area contributed by atoms with Crippen LogP contribution in [0.2, 0.25) is 0 Å². The van der Waals surface area contributed by atoms with Gasteiger partial charge in [0.05, 0.1) is 6.42 Å². The molecule has 1 amide bonds. The number of piperidine rings is 2. The number of carbonyl (C=O) groups is 2. The van der Waals surface area contributed by atoms with E-state index in [1.165, 1.54) is 26.3 Å². The van der Waals surface area contributed by atoms with E-state index in [2.05, 4.69) is 11.9 Å². The number of amides is 1. The third-order valence-electron chi connectivity index (χ3n) is 4.10.